The molecule has 0 spiro atoms. The van der Waals surface area contributed by atoms with Crippen molar-refractivity contribution in [2.24, 2.45) is 5.92 Å². The molecule has 0 unspecified atom stereocenters. The van der Waals surface area contributed by atoms with Crippen LogP contribution in [0.3, 0.4) is 0 Å². The third-order valence-electron chi connectivity index (χ3n) is 2.06. The molecule has 2 N–H and O–H groups in total. The van der Waals surface area contributed by atoms with Crippen LogP contribution in [-0.2, 0) is 4.74 Å². The monoisotopic (exact) mass is 207 g/mol. The molecule has 3 nitrogen and oxygen atoms in total. The van der Waals surface area contributed by atoms with E-state index in [0.717, 1.165) is 5.56 Å². The summed E-state index contributed by atoms with van der Waals surface area (Å²) < 4.78 is 5.13. The molecule has 0 aliphatic heterocycles. The van der Waals surface area contributed by atoms with Crippen LogP contribution in [0.15, 0.2) is 18.2 Å². The fourth-order valence-corrected chi connectivity index (χ4v) is 1.28. The lowest BCUT2D eigenvalue weighted by atomic mass is 10.1. The molecule has 0 radical (unpaired) electrons. The van der Waals surface area contributed by atoms with Gasteiger partial charge in [-0.25, -0.2) is 4.79 Å². The third-order valence-corrected chi connectivity index (χ3v) is 2.06. The number of hydrogen-bond acceptors (Lipinski definition) is 3. The van der Waals surface area contributed by atoms with Gasteiger partial charge in [0.05, 0.1) is 12.2 Å². The van der Waals surface area contributed by atoms with Crippen LogP contribution >= 0.6 is 0 Å². The summed E-state index contributed by atoms with van der Waals surface area (Å²) in [6, 6.07) is 5.38. The van der Waals surface area contributed by atoms with Crippen molar-refractivity contribution in [2.45, 2.75) is 20.8 Å². The zero-order valence-electron chi connectivity index (χ0n) is 9.41. The maximum atomic E-state index is 11.7. The molecule has 1 aromatic carbocycles. The van der Waals surface area contributed by atoms with E-state index in [0.29, 0.717) is 23.8 Å². The summed E-state index contributed by atoms with van der Waals surface area (Å²) in [4.78, 5) is 11.7. The van der Waals surface area contributed by atoms with Crippen molar-refractivity contribution in [1.82, 2.24) is 0 Å². The van der Waals surface area contributed by atoms with Gasteiger partial charge in [0, 0.05) is 5.69 Å². The number of ether oxygens (including phenoxy) is 1. The highest BCUT2D eigenvalue weighted by Crippen LogP contribution is 2.17. The van der Waals surface area contributed by atoms with Crippen molar-refractivity contribution >= 4 is 11.7 Å². The molecule has 15 heavy (non-hydrogen) atoms. The molecule has 82 valence electrons. The van der Waals surface area contributed by atoms with Gasteiger partial charge in [-0.1, -0.05) is 26.0 Å². The maximum absolute atomic E-state index is 11.7. The van der Waals surface area contributed by atoms with Gasteiger partial charge in [-0.05, 0) is 24.5 Å². The van der Waals surface area contributed by atoms with E-state index in [2.05, 4.69) is 0 Å². The van der Waals surface area contributed by atoms with E-state index < -0.39 is 0 Å². The molecule has 1 rings (SSSR count). The number of anilines is 1. The summed E-state index contributed by atoms with van der Waals surface area (Å²) in [6.07, 6.45) is 0. The minimum Gasteiger partial charge on any atom is -0.462 e. The van der Waals surface area contributed by atoms with E-state index in [1.165, 1.54) is 0 Å². The number of carbonyl (C=O) groups is 1. The Hall–Kier alpha value is -1.51. The van der Waals surface area contributed by atoms with E-state index in [4.69, 9.17) is 10.5 Å². The molecular formula is C12H17NO2. The number of hydrogen-bond donors (Lipinski definition) is 1. The Kier molecular flexibility index (Phi) is 3.72. The molecule has 0 aromatic heterocycles. The molecule has 0 bridgehead atoms. The molecule has 0 heterocycles. The lowest BCUT2D eigenvalue weighted by molar-refractivity contribution is 0.0459. The van der Waals surface area contributed by atoms with Gasteiger partial charge >= 0.3 is 5.97 Å². The van der Waals surface area contributed by atoms with Gasteiger partial charge in [-0.15, -0.1) is 0 Å². The van der Waals surface area contributed by atoms with Crippen molar-refractivity contribution in [1.29, 1.82) is 0 Å². The van der Waals surface area contributed by atoms with Crippen LogP contribution in [0.25, 0.3) is 0 Å². The van der Waals surface area contributed by atoms with Gasteiger partial charge < -0.3 is 10.5 Å². The predicted molar refractivity (Wildman–Crippen MR) is 60.7 cm³/mol. The van der Waals surface area contributed by atoms with Gasteiger partial charge in [0.2, 0.25) is 0 Å². The second-order valence-electron chi connectivity index (χ2n) is 4.03. The highest BCUT2D eigenvalue weighted by atomic mass is 16.5. The average Bonchev–Trinajstić information content (AvgIpc) is 2.14. The van der Waals surface area contributed by atoms with Crippen LogP contribution in [0.5, 0.6) is 0 Å². The van der Waals surface area contributed by atoms with Crippen LogP contribution in [-0.4, -0.2) is 12.6 Å². The highest BCUT2D eigenvalue weighted by molar-refractivity contribution is 5.96. The van der Waals surface area contributed by atoms with E-state index in [-0.39, 0.29) is 5.97 Å². The zero-order chi connectivity index (χ0) is 11.4. The van der Waals surface area contributed by atoms with Gasteiger partial charge in [-0.2, -0.15) is 0 Å². The van der Waals surface area contributed by atoms with Crippen LogP contribution in [0.4, 0.5) is 5.69 Å². The Morgan fingerprint density at radius 1 is 1.47 bits per heavy atom. The quantitative estimate of drug-likeness (QED) is 0.611. The molecule has 0 aliphatic rings. The molecule has 0 atom stereocenters. The summed E-state index contributed by atoms with van der Waals surface area (Å²) in [6.45, 7) is 6.26. The second kappa shape index (κ2) is 4.82. The summed E-state index contributed by atoms with van der Waals surface area (Å²) in [5.41, 5.74) is 7.54. The van der Waals surface area contributed by atoms with Crippen LogP contribution in [0, 0.1) is 12.8 Å². The molecule has 1 aromatic rings. The lowest BCUT2D eigenvalue weighted by Gasteiger charge is -2.10. The first-order valence-corrected chi connectivity index (χ1v) is 5.04. The van der Waals surface area contributed by atoms with Gasteiger partial charge in [0.25, 0.3) is 0 Å². The van der Waals surface area contributed by atoms with E-state index in [9.17, 15) is 4.79 Å². The number of benzene rings is 1. The van der Waals surface area contributed by atoms with E-state index >= 15 is 0 Å². The van der Waals surface area contributed by atoms with Crippen molar-refractivity contribution in [3.63, 3.8) is 0 Å². The summed E-state index contributed by atoms with van der Waals surface area (Å²) in [5.74, 6) is -0.00140. The summed E-state index contributed by atoms with van der Waals surface area (Å²) in [5, 5.41) is 0. The normalized spacial score (nSPS) is 10.4. The fraction of sp³-hybridized carbons (Fsp3) is 0.417. The Balaban J connectivity index is 2.82. The lowest BCUT2D eigenvalue weighted by Crippen LogP contribution is -2.13. The Morgan fingerprint density at radius 3 is 2.67 bits per heavy atom. The maximum Gasteiger partial charge on any atom is 0.340 e. The first-order chi connectivity index (χ1) is 7.02. The summed E-state index contributed by atoms with van der Waals surface area (Å²) >= 11 is 0. The van der Waals surface area contributed by atoms with E-state index in [1.807, 2.05) is 32.9 Å². The number of nitrogens with two attached hydrogens (primary N) is 1. The highest BCUT2D eigenvalue weighted by Gasteiger charge is 2.14. The number of aryl methyl sites for hydroxylation is 1. The smallest absolute Gasteiger partial charge is 0.340 e. The zero-order valence-corrected chi connectivity index (χ0v) is 9.41. The largest absolute Gasteiger partial charge is 0.462 e. The predicted octanol–water partition coefficient (Wildman–Crippen LogP) is 2.39. The number of carbonyl (C=O) groups excluding carboxylic acids is 1. The topological polar surface area (TPSA) is 52.3 Å². The minimum absolute atomic E-state index is 0.333. The average molecular weight is 207 g/mol. The van der Waals surface area contributed by atoms with Crippen molar-refractivity contribution in [2.75, 3.05) is 12.3 Å². The molecule has 0 amide bonds. The van der Waals surface area contributed by atoms with Crippen LogP contribution in [0.2, 0.25) is 0 Å². The third kappa shape index (κ3) is 2.98. The molecule has 0 aliphatic carbocycles. The van der Waals surface area contributed by atoms with Gasteiger partial charge in [0.1, 0.15) is 0 Å². The Morgan fingerprint density at radius 2 is 2.13 bits per heavy atom. The number of esters is 1. The Bertz CT molecular complexity index is 338. The fourth-order valence-electron chi connectivity index (χ4n) is 1.28. The van der Waals surface area contributed by atoms with Gasteiger partial charge in [-0.3, -0.25) is 0 Å². The summed E-state index contributed by atoms with van der Waals surface area (Å²) in [7, 11) is 0. The molecular weight excluding hydrogens is 190 g/mol. The number of nitrogen functional groups attached to an aromatic ring is 1. The Labute approximate surface area is 90.2 Å². The van der Waals surface area contributed by atoms with Crippen molar-refractivity contribution < 1.29 is 9.53 Å². The van der Waals surface area contributed by atoms with E-state index in [1.54, 1.807) is 6.07 Å². The SMILES string of the molecule is Cc1cccc(N)c1C(=O)OCC(C)C. The van der Waals surface area contributed by atoms with Crippen molar-refractivity contribution in [3.8, 4) is 0 Å². The molecule has 0 saturated heterocycles. The van der Waals surface area contributed by atoms with Crippen LogP contribution < -0.4 is 5.73 Å². The standard InChI is InChI=1S/C12H17NO2/c1-8(2)7-15-12(14)11-9(3)5-4-6-10(11)13/h4-6,8H,7,13H2,1-3H3. The minimum atomic E-state index is -0.334. The van der Waals surface area contributed by atoms with Crippen LogP contribution in [0.1, 0.15) is 29.8 Å². The first kappa shape index (κ1) is 11.6. The molecule has 0 fully saturated rings. The number of rotatable bonds is 3. The molecule has 0 saturated carbocycles. The first-order valence-electron chi connectivity index (χ1n) is 5.04. The molecule has 3 heteroatoms. The second-order valence-corrected chi connectivity index (χ2v) is 4.03. The van der Waals surface area contributed by atoms with Crippen molar-refractivity contribution in [3.05, 3.63) is 29.3 Å². The van der Waals surface area contributed by atoms with Gasteiger partial charge in [0.15, 0.2) is 0 Å².